The van der Waals surface area contributed by atoms with Crippen molar-refractivity contribution in [2.45, 2.75) is 12.8 Å². The van der Waals surface area contributed by atoms with E-state index in [2.05, 4.69) is 10.3 Å². The van der Waals surface area contributed by atoms with Crippen molar-refractivity contribution in [2.75, 3.05) is 13.1 Å². The maximum atomic E-state index is 11.0. The number of hydrogen-bond acceptors (Lipinski definition) is 2. The zero-order valence-electron chi connectivity index (χ0n) is 7.71. The van der Waals surface area contributed by atoms with Gasteiger partial charge in [0.15, 0.2) is 0 Å². The highest BCUT2D eigenvalue weighted by Gasteiger charge is 2.06. The van der Waals surface area contributed by atoms with Crippen molar-refractivity contribution in [3.63, 3.8) is 0 Å². The van der Waals surface area contributed by atoms with Crippen LogP contribution < -0.4 is 10.9 Å². The molecular formula is C9H14Br2N2O. The van der Waals surface area contributed by atoms with Gasteiger partial charge in [0.25, 0.3) is 0 Å². The van der Waals surface area contributed by atoms with Gasteiger partial charge in [0.2, 0.25) is 5.56 Å². The summed E-state index contributed by atoms with van der Waals surface area (Å²) in [4.78, 5) is 13.8. The lowest BCUT2D eigenvalue weighted by Crippen LogP contribution is -2.16. The first kappa shape index (κ1) is 13.9. The van der Waals surface area contributed by atoms with Crippen LogP contribution in [0.5, 0.6) is 0 Å². The Morgan fingerprint density at radius 2 is 1.79 bits per heavy atom. The molecule has 0 radical (unpaired) electrons. The lowest BCUT2D eigenvalue weighted by atomic mass is 10.1. The Kier molecular flexibility index (Phi) is 6.31. The Morgan fingerprint density at radius 1 is 1.07 bits per heavy atom. The van der Waals surface area contributed by atoms with E-state index in [-0.39, 0.29) is 39.5 Å². The van der Waals surface area contributed by atoms with Gasteiger partial charge in [-0.25, -0.2) is 0 Å². The number of aromatic nitrogens is 1. The molecule has 0 saturated carbocycles. The average Bonchev–Trinajstić information content (AvgIpc) is 2.28. The second-order valence-electron chi connectivity index (χ2n) is 3.08. The summed E-state index contributed by atoms with van der Waals surface area (Å²) in [5, 5.41) is 3.29. The average molecular weight is 326 g/mol. The van der Waals surface area contributed by atoms with Gasteiger partial charge < -0.3 is 10.3 Å². The predicted octanol–water partition coefficient (Wildman–Crippen LogP) is 1.22. The number of nitrogens with one attached hydrogen (secondary N) is 2. The first-order chi connectivity index (χ1) is 5.86. The maximum absolute atomic E-state index is 11.0. The Labute approximate surface area is 104 Å². The zero-order chi connectivity index (χ0) is 8.39. The molecule has 0 spiro atoms. The summed E-state index contributed by atoms with van der Waals surface area (Å²) in [6.45, 7) is 1.98. The highest BCUT2D eigenvalue weighted by Crippen LogP contribution is 2.06. The molecule has 2 N–H and O–H groups in total. The smallest absolute Gasteiger partial charge is 0.248 e. The largest absolute Gasteiger partial charge is 0.326 e. The topological polar surface area (TPSA) is 44.9 Å². The molecule has 0 bridgehead atoms. The fourth-order valence-corrected chi connectivity index (χ4v) is 1.57. The molecule has 80 valence electrons. The van der Waals surface area contributed by atoms with E-state index in [0.717, 1.165) is 31.6 Å². The fraction of sp³-hybridized carbons (Fsp3) is 0.444. The molecule has 1 aromatic rings. The third-order valence-electron chi connectivity index (χ3n) is 2.22. The van der Waals surface area contributed by atoms with E-state index in [4.69, 9.17) is 0 Å². The van der Waals surface area contributed by atoms with Crippen LogP contribution in [-0.4, -0.2) is 18.1 Å². The van der Waals surface area contributed by atoms with Crippen molar-refractivity contribution in [1.29, 1.82) is 0 Å². The normalized spacial score (nSPS) is 14.3. The van der Waals surface area contributed by atoms with Crippen LogP contribution in [0.15, 0.2) is 16.9 Å². The van der Waals surface area contributed by atoms with Gasteiger partial charge in [0, 0.05) is 24.7 Å². The fourth-order valence-electron chi connectivity index (χ4n) is 1.57. The van der Waals surface area contributed by atoms with Crippen LogP contribution >= 0.6 is 34.0 Å². The number of fused-ring (bicyclic) bond motifs is 1. The van der Waals surface area contributed by atoms with Crippen LogP contribution in [0.1, 0.15) is 11.3 Å². The van der Waals surface area contributed by atoms with E-state index in [1.165, 1.54) is 5.56 Å². The van der Waals surface area contributed by atoms with Gasteiger partial charge in [-0.15, -0.1) is 34.0 Å². The highest BCUT2D eigenvalue weighted by molar-refractivity contribution is 8.93. The lowest BCUT2D eigenvalue weighted by Gasteiger charge is -2.01. The summed E-state index contributed by atoms with van der Waals surface area (Å²) in [6.07, 6.45) is 1.96. The van der Waals surface area contributed by atoms with E-state index in [9.17, 15) is 4.79 Å². The molecule has 14 heavy (non-hydrogen) atoms. The Hall–Kier alpha value is -0.130. The molecule has 0 amide bonds. The van der Waals surface area contributed by atoms with Gasteiger partial charge in [-0.05, 0) is 18.5 Å². The minimum Gasteiger partial charge on any atom is -0.326 e. The first-order valence-electron chi connectivity index (χ1n) is 4.28. The second-order valence-corrected chi connectivity index (χ2v) is 3.08. The number of halogens is 2. The van der Waals surface area contributed by atoms with E-state index >= 15 is 0 Å². The summed E-state index contributed by atoms with van der Waals surface area (Å²) >= 11 is 0. The van der Waals surface area contributed by atoms with Gasteiger partial charge in [0.05, 0.1) is 0 Å². The number of H-pyrrole nitrogens is 1. The predicted molar refractivity (Wildman–Crippen MR) is 68.0 cm³/mol. The quantitative estimate of drug-likeness (QED) is 0.753. The van der Waals surface area contributed by atoms with Crippen molar-refractivity contribution in [2.24, 2.45) is 0 Å². The molecule has 0 atom stereocenters. The SMILES string of the molecule is Br.Br.O=c1ccc2c([nH]1)CCNCC2. The summed E-state index contributed by atoms with van der Waals surface area (Å²) in [7, 11) is 0. The van der Waals surface area contributed by atoms with Crippen molar-refractivity contribution >= 4 is 34.0 Å². The van der Waals surface area contributed by atoms with E-state index < -0.39 is 0 Å². The summed E-state index contributed by atoms with van der Waals surface area (Å²) in [5.41, 5.74) is 2.39. The third kappa shape index (κ3) is 3.22. The Balaban J connectivity index is 0.000000845. The molecule has 0 saturated heterocycles. The molecule has 0 aromatic carbocycles. The molecule has 3 nitrogen and oxygen atoms in total. The monoisotopic (exact) mass is 324 g/mol. The standard InChI is InChI=1S/C9H12N2O.2BrH/c12-9-2-1-7-3-5-10-6-4-8(7)11-9;;/h1-2,10H,3-6H2,(H,11,12);2*1H. The molecule has 2 heterocycles. The van der Waals surface area contributed by atoms with Gasteiger partial charge in [-0.3, -0.25) is 4.79 Å². The third-order valence-corrected chi connectivity index (χ3v) is 2.22. The summed E-state index contributed by atoms with van der Waals surface area (Å²) in [6, 6.07) is 3.53. The van der Waals surface area contributed by atoms with Crippen LogP contribution in [0.2, 0.25) is 0 Å². The van der Waals surface area contributed by atoms with Gasteiger partial charge in [-0.2, -0.15) is 0 Å². The zero-order valence-corrected chi connectivity index (χ0v) is 11.1. The van der Waals surface area contributed by atoms with Crippen LogP contribution in [0.4, 0.5) is 0 Å². The molecule has 5 heteroatoms. The van der Waals surface area contributed by atoms with Crippen LogP contribution in [-0.2, 0) is 12.8 Å². The Bertz CT molecular complexity index is 338. The number of hydrogen-bond donors (Lipinski definition) is 2. The Morgan fingerprint density at radius 3 is 2.57 bits per heavy atom. The molecular weight excluding hydrogens is 312 g/mol. The summed E-state index contributed by atoms with van der Waals surface area (Å²) < 4.78 is 0. The van der Waals surface area contributed by atoms with E-state index in [0.29, 0.717) is 0 Å². The minimum atomic E-state index is 0. The van der Waals surface area contributed by atoms with Crippen molar-refractivity contribution in [3.8, 4) is 0 Å². The summed E-state index contributed by atoms with van der Waals surface area (Å²) in [5.74, 6) is 0. The molecule has 0 fully saturated rings. The number of rotatable bonds is 0. The van der Waals surface area contributed by atoms with E-state index in [1.807, 2.05) is 6.07 Å². The van der Waals surface area contributed by atoms with Gasteiger partial charge in [-0.1, -0.05) is 6.07 Å². The second kappa shape index (κ2) is 6.37. The molecule has 0 unspecified atom stereocenters. The van der Waals surface area contributed by atoms with Crippen molar-refractivity contribution in [3.05, 3.63) is 33.7 Å². The van der Waals surface area contributed by atoms with Crippen molar-refractivity contribution < 1.29 is 0 Å². The van der Waals surface area contributed by atoms with Gasteiger partial charge in [0.1, 0.15) is 0 Å². The first-order valence-corrected chi connectivity index (χ1v) is 4.28. The van der Waals surface area contributed by atoms with E-state index in [1.54, 1.807) is 6.07 Å². The van der Waals surface area contributed by atoms with Crippen LogP contribution in [0.3, 0.4) is 0 Å². The van der Waals surface area contributed by atoms with Crippen molar-refractivity contribution in [1.82, 2.24) is 10.3 Å². The van der Waals surface area contributed by atoms with Crippen LogP contribution in [0, 0.1) is 0 Å². The minimum absolute atomic E-state index is 0. The van der Waals surface area contributed by atoms with Crippen LogP contribution in [0.25, 0.3) is 0 Å². The molecule has 1 aromatic heterocycles. The lowest BCUT2D eigenvalue weighted by molar-refractivity contribution is 0.708. The number of aromatic amines is 1. The highest BCUT2D eigenvalue weighted by atomic mass is 79.9. The molecule has 1 aliphatic rings. The number of pyridine rings is 1. The molecule has 0 aliphatic carbocycles. The van der Waals surface area contributed by atoms with Gasteiger partial charge >= 0.3 is 0 Å². The maximum Gasteiger partial charge on any atom is 0.248 e. The molecule has 1 aliphatic heterocycles. The molecule has 2 rings (SSSR count).